The van der Waals surface area contributed by atoms with Crippen LogP contribution >= 0.6 is 27.3 Å². The quantitative estimate of drug-likeness (QED) is 0.649. The number of hydroxylamine groups is 1. The Hall–Kier alpha value is -1.06. The van der Waals surface area contributed by atoms with Gasteiger partial charge in [0.2, 0.25) is 0 Å². The molecule has 0 radical (unpaired) electrons. The number of alkyl halides is 1. The molecule has 17 heavy (non-hydrogen) atoms. The predicted molar refractivity (Wildman–Crippen MR) is 62.8 cm³/mol. The Morgan fingerprint density at radius 1 is 1.59 bits per heavy atom. The van der Waals surface area contributed by atoms with E-state index in [1.54, 1.807) is 0 Å². The van der Waals surface area contributed by atoms with E-state index in [4.69, 9.17) is 5.73 Å². The molecule has 2 amide bonds. The molecule has 1 aromatic rings. The number of anilines is 1. The monoisotopic (exact) mass is 325 g/mol. The Morgan fingerprint density at radius 3 is 2.53 bits per heavy atom. The number of rotatable bonds is 3. The van der Waals surface area contributed by atoms with Crippen molar-refractivity contribution in [2.24, 2.45) is 5.73 Å². The molecule has 1 heterocycles. The summed E-state index contributed by atoms with van der Waals surface area (Å²) < 4.78 is 13.6. The molecule has 0 unspecified atom stereocenters. The van der Waals surface area contributed by atoms with Gasteiger partial charge in [-0.3, -0.25) is 14.8 Å². The van der Waals surface area contributed by atoms with Gasteiger partial charge in [-0.25, -0.2) is 9.37 Å². The van der Waals surface area contributed by atoms with Crippen molar-refractivity contribution in [3.8, 4) is 0 Å². The van der Waals surface area contributed by atoms with Crippen LogP contribution in [0.5, 0.6) is 0 Å². The van der Waals surface area contributed by atoms with E-state index in [1.807, 2.05) is 0 Å². The van der Waals surface area contributed by atoms with Crippen LogP contribution in [-0.4, -0.2) is 27.7 Å². The smallest absolute Gasteiger partial charge is 0.288 e. The molecular weight excluding hydrogens is 317 g/mol. The summed E-state index contributed by atoms with van der Waals surface area (Å²) >= 11 is 3.76. The largest absolute Gasteiger partial charge is 0.364 e. The summed E-state index contributed by atoms with van der Waals surface area (Å²) in [7, 11) is 0. The third kappa shape index (κ3) is 2.99. The Labute approximate surface area is 108 Å². The van der Waals surface area contributed by atoms with E-state index in [-0.39, 0.29) is 19.7 Å². The minimum Gasteiger partial charge on any atom is -0.364 e. The summed E-state index contributed by atoms with van der Waals surface area (Å²) in [5.41, 5.74) is 2.44. The van der Waals surface area contributed by atoms with Crippen LogP contribution < -0.4 is 10.8 Å². The van der Waals surface area contributed by atoms with Gasteiger partial charge in [-0.1, -0.05) is 11.3 Å². The van der Waals surface area contributed by atoms with Crippen LogP contribution in [0.1, 0.15) is 24.3 Å². The van der Waals surface area contributed by atoms with Crippen molar-refractivity contribution in [3.05, 3.63) is 9.61 Å². The molecular formula is C8H9BrFN3O3S. The van der Waals surface area contributed by atoms with E-state index in [0.29, 0.717) is 0 Å². The van der Waals surface area contributed by atoms with Crippen molar-refractivity contribution in [2.75, 3.05) is 5.06 Å². The van der Waals surface area contributed by atoms with E-state index >= 15 is 0 Å². The second-order valence-electron chi connectivity index (χ2n) is 3.57. The lowest BCUT2D eigenvalue weighted by molar-refractivity contribution is -0.133. The third-order valence-electron chi connectivity index (χ3n) is 1.71. The average Bonchev–Trinajstić information content (AvgIpc) is 2.56. The van der Waals surface area contributed by atoms with Crippen LogP contribution in [0.3, 0.4) is 0 Å². The molecule has 0 aliphatic carbocycles. The van der Waals surface area contributed by atoms with Crippen LogP contribution in [-0.2, 0) is 4.79 Å². The summed E-state index contributed by atoms with van der Waals surface area (Å²) in [5, 5.41) is 9.38. The molecule has 0 bridgehead atoms. The van der Waals surface area contributed by atoms with Crippen molar-refractivity contribution >= 4 is 44.1 Å². The number of hydrogen-bond acceptors (Lipinski definition) is 5. The molecule has 0 saturated carbocycles. The van der Waals surface area contributed by atoms with Gasteiger partial charge in [0.05, 0.1) is 0 Å². The number of halogens is 2. The highest BCUT2D eigenvalue weighted by atomic mass is 79.9. The average molecular weight is 326 g/mol. The van der Waals surface area contributed by atoms with Crippen LogP contribution in [0.2, 0.25) is 0 Å². The van der Waals surface area contributed by atoms with Crippen molar-refractivity contribution in [1.82, 2.24) is 4.98 Å². The zero-order chi connectivity index (χ0) is 13.4. The summed E-state index contributed by atoms with van der Waals surface area (Å²) in [6, 6.07) is 0. The van der Waals surface area contributed by atoms with Gasteiger partial charge in [-0.15, -0.1) is 0 Å². The van der Waals surface area contributed by atoms with Gasteiger partial charge in [0.1, 0.15) is 0 Å². The molecule has 3 N–H and O–H groups in total. The highest BCUT2D eigenvalue weighted by Gasteiger charge is 2.35. The lowest BCUT2D eigenvalue weighted by atomic mass is 10.1. The standard InChI is InChI=1S/C8H9BrFN3O3S/c1-8(2,10)6(15)13(16)5-3(4(11)14)12-7(9)17-5/h16H,1-2H3,(H2,11,14). The van der Waals surface area contributed by atoms with Crippen LogP contribution in [0.25, 0.3) is 0 Å². The Morgan fingerprint density at radius 2 is 2.12 bits per heavy atom. The first kappa shape index (κ1) is 14.0. The topological polar surface area (TPSA) is 96.5 Å². The molecule has 1 aromatic heterocycles. The van der Waals surface area contributed by atoms with Gasteiger partial charge in [-0.2, -0.15) is 5.06 Å². The number of carbonyl (C=O) groups is 2. The second-order valence-corrected chi connectivity index (χ2v) is 5.83. The van der Waals surface area contributed by atoms with Crippen molar-refractivity contribution < 1.29 is 19.2 Å². The van der Waals surface area contributed by atoms with E-state index < -0.39 is 17.5 Å². The van der Waals surface area contributed by atoms with E-state index in [1.165, 1.54) is 0 Å². The third-order valence-corrected chi connectivity index (χ3v) is 3.19. The maximum absolute atomic E-state index is 13.4. The normalized spacial score (nSPS) is 11.4. The summed E-state index contributed by atoms with van der Waals surface area (Å²) in [4.78, 5) is 26.2. The molecule has 0 aromatic carbocycles. The van der Waals surface area contributed by atoms with Crippen LogP contribution in [0.4, 0.5) is 9.39 Å². The second kappa shape index (κ2) is 4.67. The maximum Gasteiger partial charge on any atom is 0.288 e. The molecule has 0 atom stereocenters. The molecule has 6 nitrogen and oxygen atoms in total. The predicted octanol–water partition coefficient (Wildman–Crippen LogP) is 1.47. The van der Waals surface area contributed by atoms with Crippen molar-refractivity contribution in [3.63, 3.8) is 0 Å². The summed E-state index contributed by atoms with van der Waals surface area (Å²) in [5.74, 6) is -2.14. The number of aromatic nitrogens is 1. The number of primary amides is 1. The molecule has 0 saturated heterocycles. The number of nitrogens with two attached hydrogens (primary N) is 1. The van der Waals surface area contributed by atoms with Gasteiger partial charge in [0.25, 0.3) is 11.8 Å². The molecule has 0 aliphatic heterocycles. The number of thiazole rings is 1. The van der Waals surface area contributed by atoms with Gasteiger partial charge in [-0.05, 0) is 29.8 Å². The van der Waals surface area contributed by atoms with Gasteiger partial charge >= 0.3 is 0 Å². The summed E-state index contributed by atoms with van der Waals surface area (Å²) in [6.45, 7) is 1.97. The Bertz CT molecular complexity index is 471. The molecule has 0 spiro atoms. The number of nitrogens with zero attached hydrogens (tertiary/aromatic N) is 2. The fourth-order valence-corrected chi connectivity index (χ4v) is 2.28. The van der Waals surface area contributed by atoms with Gasteiger partial charge in [0, 0.05) is 0 Å². The molecule has 94 valence electrons. The van der Waals surface area contributed by atoms with E-state index in [0.717, 1.165) is 25.2 Å². The van der Waals surface area contributed by atoms with Crippen LogP contribution in [0.15, 0.2) is 3.92 Å². The zero-order valence-electron chi connectivity index (χ0n) is 8.90. The highest BCUT2D eigenvalue weighted by molar-refractivity contribution is 9.11. The number of amides is 2. The van der Waals surface area contributed by atoms with E-state index in [9.17, 15) is 19.2 Å². The molecule has 0 fully saturated rings. The first-order valence-electron chi connectivity index (χ1n) is 4.33. The van der Waals surface area contributed by atoms with Crippen LogP contribution in [0, 0.1) is 0 Å². The molecule has 9 heteroatoms. The minimum atomic E-state index is -2.28. The number of hydrogen-bond donors (Lipinski definition) is 2. The fourth-order valence-electron chi connectivity index (χ4n) is 0.935. The SMILES string of the molecule is CC(C)(F)C(=O)N(O)c1sc(Br)nc1C(N)=O. The fraction of sp³-hybridized carbons (Fsp3) is 0.375. The molecule has 0 aliphatic rings. The Kier molecular flexibility index (Phi) is 3.84. The minimum absolute atomic E-state index is 0.0442. The van der Waals surface area contributed by atoms with Crippen molar-refractivity contribution in [1.29, 1.82) is 0 Å². The number of carbonyl (C=O) groups excluding carboxylic acids is 2. The maximum atomic E-state index is 13.4. The molecule has 1 rings (SSSR count). The first-order chi connectivity index (χ1) is 7.64. The first-order valence-corrected chi connectivity index (χ1v) is 5.94. The summed E-state index contributed by atoms with van der Waals surface area (Å²) in [6.07, 6.45) is 0. The highest BCUT2D eigenvalue weighted by Crippen LogP contribution is 2.32. The van der Waals surface area contributed by atoms with Gasteiger partial charge < -0.3 is 5.73 Å². The van der Waals surface area contributed by atoms with E-state index in [2.05, 4.69) is 20.9 Å². The van der Waals surface area contributed by atoms with Crippen molar-refractivity contribution in [2.45, 2.75) is 19.5 Å². The van der Waals surface area contributed by atoms with Gasteiger partial charge in [0.15, 0.2) is 20.3 Å². The zero-order valence-corrected chi connectivity index (χ0v) is 11.3. The Balaban J connectivity index is 3.17. The lowest BCUT2D eigenvalue weighted by Gasteiger charge is -2.19. The lowest BCUT2D eigenvalue weighted by Crippen LogP contribution is -2.41.